The van der Waals surface area contributed by atoms with Gasteiger partial charge in [-0.15, -0.1) is 0 Å². The van der Waals surface area contributed by atoms with Crippen LogP contribution in [0.25, 0.3) is 11.3 Å². The van der Waals surface area contributed by atoms with Gasteiger partial charge in [0.05, 0.1) is 31.0 Å². The van der Waals surface area contributed by atoms with Gasteiger partial charge in [-0.2, -0.15) is 0 Å². The normalized spacial score (nSPS) is 14.6. The van der Waals surface area contributed by atoms with Gasteiger partial charge in [0.25, 0.3) is 5.91 Å². The summed E-state index contributed by atoms with van der Waals surface area (Å²) in [4.78, 5) is 37.7. The Labute approximate surface area is 160 Å². The van der Waals surface area contributed by atoms with E-state index in [2.05, 4.69) is 0 Å². The third-order valence-corrected chi connectivity index (χ3v) is 4.31. The molecule has 2 aromatic carbocycles. The van der Waals surface area contributed by atoms with Crippen molar-refractivity contribution in [2.45, 2.75) is 0 Å². The number of halogens is 1. The van der Waals surface area contributed by atoms with Crippen molar-refractivity contribution in [3.8, 4) is 0 Å². The molecule has 1 amide bonds. The van der Waals surface area contributed by atoms with E-state index < -0.39 is 17.1 Å². The maximum Gasteiger partial charge on any atom is 0.337 e. The van der Waals surface area contributed by atoms with E-state index in [1.54, 1.807) is 12.1 Å². The summed E-state index contributed by atoms with van der Waals surface area (Å²) in [6.45, 7) is -0.326. The molecule has 1 aliphatic rings. The van der Waals surface area contributed by atoms with Crippen molar-refractivity contribution in [3.05, 3.63) is 65.2 Å². The van der Waals surface area contributed by atoms with E-state index in [0.717, 1.165) is 0 Å². The highest BCUT2D eigenvalue weighted by Crippen LogP contribution is 2.41. The lowest BCUT2D eigenvalue weighted by atomic mass is 10.0. The molecule has 0 saturated heterocycles. The molecule has 0 aliphatic carbocycles. The maximum atomic E-state index is 13.1. The van der Waals surface area contributed by atoms with Crippen molar-refractivity contribution in [3.63, 3.8) is 0 Å². The highest BCUT2D eigenvalue weighted by atomic mass is 35.5. The molecule has 0 aromatic heterocycles. The Hall–Kier alpha value is -3.12. The molecule has 0 fully saturated rings. The molecule has 1 heterocycles. The van der Waals surface area contributed by atoms with Gasteiger partial charge in [0.2, 0.25) is 5.24 Å². The molecule has 0 radical (unpaired) electrons. The first-order valence-electron chi connectivity index (χ1n) is 8.04. The summed E-state index contributed by atoms with van der Waals surface area (Å²) in [5.41, 5.74) is 2.22. The van der Waals surface area contributed by atoms with E-state index in [-0.39, 0.29) is 12.1 Å². The third kappa shape index (κ3) is 3.44. The number of methoxy groups -OCH3 is 2. The SMILES string of the molecule is COC(=O)c1ccc2c(c1)N(CC(=O)Cl)C(=O)/C2=C(/OC)c1ccccc1. The lowest BCUT2D eigenvalue weighted by Gasteiger charge is -2.15. The zero-order valence-corrected chi connectivity index (χ0v) is 15.4. The van der Waals surface area contributed by atoms with Crippen LogP contribution in [-0.4, -0.2) is 37.9 Å². The molecule has 0 saturated carbocycles. The summed E-state index contributed by atoms with van der Waals surface area (Å²) in [6, 6.07) is 13.8. The second-order valence-electron chi connectivity index (χ2n) is 5.74. The molecule has 27 heavy (non-hydrogen) atoms. The molecular formula is C20H16ClNO5. The van der Waals surface area contributed by atoms with Crippen LogP contribution in [0.15, 0.2) is 48.5 Å². The summed E-state index contributed by atoms with van der Waals surface area (Å²) < 4.78 is 10.3. The molecule has 0 spiro atoms. The largest absolute Gasteiger partial charge is 0.495 e. The number of amides is 1. The van der Waals surface area contributed by atoms with E-state index >= 15 is 0 Å². The number of carbonyl (C=O) groups is 3. The Balaban J connectivity index is 2.24. The first-order chi connectivity index (χ1) is 13.0. The number of ether oxygens (including phenoxy) is 2. The fraction of sp³-hybridized carbons (Fsp3) is 0.150. The molecular weight excluding hydrogens is 370 g/mol. The Morgan fingerprint density at radius 1 is 1.00 bits per heavy atom. The van der Waals surface area contributed by atoms with Crippen LogP contribution in [0.4, 0.5) is 5.69 Å². The number of anilines is 1. The average molecular weight is 386 g/mol. The maximum absolute atomic E-state index is 13.1. The number of carbonyl (C=O) groups excluding carboxylic acids is 3. The Morgan fingerprint density at radius 3 is 2.30 bits per heavy atom. The summed E-state index contributed by atoms with van der Waals surface area (Å²) in [6.07, 6.45) is 0. The Bertz CT molecular complexity index is 952. The van der Waals surface area contributed by atoms with Crippen molar-refractivity contribution >= 4 is 45.7 Å². The van der Waals surface area contributed by atoms with Crippen LogP contribution in [-0.2, 0) is 19.1 Å². The lowest BCUT2D eigenvalue weighted by molar-refractivity contribution is -0.116. The van der Waals surface area contributed by atoms with Crippen LogP contribution in [0.3, 0.4) is 0 Å². The van der Waals surface area contributed by atoms with Gasteiger partial charge in [0, 0.05) is 11.1 Å². The van der Waals surface area contributed by atoms with Crippen molar-refractivity contribution in [1.82, 2.24) is 0 Å². The van der Waals surface area contributed by atoms with Crippen molar-refractivity contribution in [1.29, 1.82) is 0 Å². The topological polar surface area (TPSA) is 72.9 Å². The molecule has 7 heteroatoms. The Kier molecular flexibility index (Phi) is 5.28. The number of fused-ring (bicyclic) bond motifs is 1. The van der Waals surface area contributed by atoms with Gasteiger partial charge in [-0.25, -0.2) is 4.79 Å². The van der Waals surface area contributed by atoms with Gasteiger partial charge in [0.1, 0.15) is 12.3 Å². The van der Waals surface area contributed by atoms with Gasteiger partial charge in [-0.05, 0) is 23.7 Å². The van der Waals surface area contributed by atoms with Crippen molar-refractivity contribution in [2.75, 3.05) is 25.7 Å². The molecule has 6 nitrogen and oxygen atoms in total. The molecule has 0 unspecified atom stereocenters. The van der Waals surface area contributed by atoms with Crippen LogP contribution in [0.5, 0.6) is 0 Å². The monoisotopic (exact) mass is 385 g/mol. The number of rotatable bonds is 5. The molecule has 1 aliphatic heterocycles. The van der Waals surface area contributed by atoms with Gasteiger partial charge in [-0.3, -0.25) is 14.5 Å². The minimum atomic E-state index is -0.697. The first-order valence-corrected chi connectivity index (χ1v) is 8.42. The van der Waals surface area contributed by atoms with Crippen LogP contribution in [0.2, 0.25) is 0 Å². The molecule has 2 aromatic rings. The number of hydrogen-bond donors (Lipinski definition) is 0. The number of nitrogens with zero attached hydrogens (tertiary/aromatic N) is 1. The highest BCUT2D eigenvalue weighted by molar-refractivity contribution is 6.64. The van der Waals surface area contributed by atoms with E-state index in [1.165, 1.54) is 25.2 Å². The van der Waals surface area contributed by atoms with Crippen LogP contribution in [0, 0.1) is 0 Å². The minimum Gasteiger partial charge on any atom is -0.495 e. The van der Waals surface area contributed by atoms with E-state index in [0.29, 0.717) is 28.1 Å². The zero-order valence-electron chi connectivity index (χ0n) is 14.7. The fourth-order valence-corrected chi connectivity index (χ4v) is 3.14. The van der Waals surface area contributed by atoms with Crippen LogP contribution < -0.4 is 4.90 Å². The summed E-state index contributed by atoms with van der Waals surface area (Å²) in [5, 5.41) is -0.697. The number of benzene rings is 2. The van der Waals surface area contributed by atoms with Gasteiger partial charge < -0.3 is 9.47 Å². The van der Waals surface area contributed by atoms with Crippen molar-refractivity contribution in [2.24, 2.45) is 0 Å². The summed E-state index contributed by atoms with van der Waals surface area (Å²) >= 11 is 5.53. The Morgan fingerprint density at radius 2 is 1.70 bits per heavy atom. The number of esters is 1. The predicted molar refractivity (Wildman–Crippen MR) is 101 cm³/mol. The summed E-state index contributed by atoms with van der Waals surface area (Å²) in [7, 11) is 2.74. The second-order valence-corrected chi connectivity index (χ2v) is 6.17. The minimum absolute atomic E-state index is 0.260. The highest BCUT2D eigenvalue weighted by Gasteiger charge is 2.37. The molecule has 3 rings (SSSR count). The zero-order chi connectivity index (χ0) is 19.6. The average Bonchev–Trinajstić information content (AvgIpc) is 2.94. The van der Waals surface area contributed by atoms with Gasteiger partial charge in [0.15, 0.2) is 0 Å². The quantitative estimate of drug-likeness (QED) is 0.342. The first kappa shape index (κ1) is 18.7. The molecule has 138 valence electrons. The molecule has 0 bridgehead atoms. The third-order valence-electron chi connectivity index (χ3n) is 4.19. The fourth-order valence-electron chi connectivity index (χ4n) is 3.03. The second kappa shape index (κ2) is 7.63. The number of hydrogen-bond acceptors (Lipinski definition) is 5. The standard InChI is InChI=1S/C20H16ClNO5/c1-26-18(12-6-4-3-5-7-12)17-14-9-8-13(20(25)27-2)10-15(14)22(19(17)24)11-16(21)23/h3-10H,11H2,1-2H3/b18-17+. The van der Waals surface area contributed by atoms with Crippen LogP contribution >= 0.6 is 11.6 Å². The predicted octanol–water partition coefficient (Wildman–Crippen LogP) is 3.10. The lowest BCUT2D eigenvalue weighted by Crippen LogP contribution is -2.30. The summed E-state index contributed by atoms with van der Waals surface area (Å²) in [5.74, 6) is -0.603. The van der Waals surface area contributed by atoms with E-state index in [1.807, 2.05) is 30.3 Å². The van der Waals surface area contributed by atoms with Crippen molar-refractivity contribution < 1.29 is 23.9 Å². The molecule has 0 N–H and O–H groups in total. The molecule has 0 atom stereocenters. The van der Waals surface area contributed by atoms with E-state index in [4.69, 9.17) is 21.1 Å². The van der Waals surface area contributed by atoms with Gasteiger partial charge >= 0.3 is 5.97 Å². The van der Waals surface area contributed by atoms with Crippen LogP contribution in [0.1, 0.15) is 21.5 Å². The van der Waals surface area contributed by atoms with Gasteiger partial charge in [-0.1, -0.05) is 36.4 Å². The van der Waals surface area contributed by atoms with E-state index in [9.17, 15) is 14.4 Å². The smallest absolute Gasteiger partial charge is 0.337 e.